The van der Waals surface area contributed by atoms with E-state index in [9.17, 15) is 4.79 Å². The van der Waals surface area contributed by atoms with Gasteiger partial charge in [-0.05, 0) is 39.0 Å². The van der Waals surface area contributed by atoms with E-state index >= 15 is 0 Å². The normalized spacial score (nSPS) is 30.1. The van der Waals surface area contributed by atoms with E-state index in [-0.39, 0.29) is 6.04 Å². The lowest BCUT2D eigenvalue weighted by Crippen LogP contribution is -2.52. The van der Waals surface area contributed by atoms with Crippen LogP contribution in [-0.2, 0) is 4.79 Å². The van der Waals surface area contributed by atoms with Gasteiger partial charge in [-0.3, -0.25) is 4.79 Å². The van der Waals surface area contributed by atoms with Crippen molar-refractivity contribution in [3.63, 3.8) is 0 Å². The Kier molecular flexibility index (Phi) is 2.77. The molecule has 0 aromatic carbocycles. The van der Waals surface area contributed by atoms with E-state index in [2.05, 4.69) is 0 Å². The minimum atomic E-state index is 0.123. The zero-order valence-electron chi connectivity index (χ0n) is 8.91. The van der Waals surface area contributed by atoms with Gasteiger partial charge in [0.1, 0.15) is 0 Å². The molecule has 1 aliphatic carbocycles. The Labute approximate surface area is 85.6 Å². The summed E-state index contributed by atoms with van der Waals surface area (Å²) in [6.45, 7) is 2.95. The quantitative estimate of drug-likeness (QED) is 0.719. The molecule has 1 saturated heterocycles. The molecule has 1 aliphatic heterocycles. The van der Waals surface area contributed by atoms with Crippen LogP contribution in [0.3, 0.4) is 0 Å². The molecular weight excluding hydrogens is 176 g/mol. The van der Waals surface area contributed by atoms with Crippen LogP contribution in [0.1, 0.15) is 39.0 Å². The Hall–Kier alpha value is -0.570. The van der Waals surface area contributed by atoms with E-state index in [1.165, 1.54) is 6.42 Å². The third-order valence-corrected chi connectivity index (χ3v) is 3.37. The topological polar surface area (TPSA) is 46.3 Å². The Balaban J connectivity index is 2.01. The van der Waals surface area contributed by atoms with Gasteiger partial charge in [0.2, 0.25) is 5.91 Å². The van der Waals surface area contributed by atoms with Gasteiger partial charge in [0.05, 0.1) is 0 Å². The molecule has 2 atom stereocenters. The number of hydrogen-bond donors (Lipinski definition) is 1. The molecule has 2 N–H and O–H groups in total. The van der Waals surface area contributed by atoms with Crippen LogP contribution in [0.2, 0.25) is 0 Å². The summed E-state index contributed by atoms with van der Waals surface area (Å²) >= 11 is 0. The Morgan fingerprint density at radius 2 is 2.07 bits per heavy atom. The van der Waals surface area contributed by atoms with Crippen molar-refractivity contribution in [2.24, 2.45) is 11.7 Å². The minimum Gasteiger partial charge on any atom is -0.338 e. The fourth-order valence-electron chi connectivity index (χ4n) is 2.34. The van der Waals surface area contributed by atoms with Crippen LogP contribution in [0.4, 0.5) is 0 Å². The summed E-state index contributed by atoms with van der Waals surface area (Å²) in [6.07, 6.45) is 5.67. The first-order valence-electron chi connectivity index (χ1n) is 5.76. The van der Waals surface area contributed by atoms with Crippen molar-refractivity contribution in [3.8, 4) is 0 Å². The number of carbonyl (C=O) groups excluding carboxylic acids is 1. The molecule has 80 valence electrons. The summed E-state index contributed by atoms with van der Waals surface area (Å²) in [5, 5.41) is 0. The first kappa shape index (κ1) is 9.97. The number of amides is 1. The average molecular weight is 196 g/mol. The third-order valence-electron chi connectivity index (χ3n) is 3.37. The van der Waals surface area contributed by atoms with Crippen LogP contribution in [-0.4, -0.2) is 29.4 Å². The highest BCUT2D eigenvalue weighted by molar-refractivity contribution is 5.81. The maximum Gasteiger partial charge on any atom is 0.225 e. The second-order valence-electron chi connectivity index (χ2n) is 4.73. The SMILES string of the molecule is CC(N)C1CCCCN1C(=O)C1CC1. The maximum absolute atomic E-state index is 11.9. The van der Waals surface area contributed by atoms with E-state index < -0.39 is 0 Å². The molecule has 1 amide bonds. The predicted octanol–water partition coefficient (Wildman–Crippen LogP) is 1.12. The van der Waals surface area contributed by atoms with Crippen LogP contribution >= 0.6 is 0 Å². The van der Waals surface area contributed by atoms with Crippen molar-refractivity contribution in [1.29, 1.82) is 0 Å². The fraction of sp³-hybridized carbons (Fsp3) is 0.909. The molecule has 14 heavy (non-hydrogen) atoms. The average Bonchev–Trinajstić information content (AvgIpc) is 3.00. The zero-order valence-corrected chi connectivity index (χ0v) is 8.91. The van der Waals surface area contributed by atoms with E-state index in [0.717, 1.165) is 32.2 Å². The number of likely N-dealkylation sites (tertiary alicyclic amines) is 1. The lowest BCUT2D eigenvalue weighted by Gasteiger charge is -2.38. The number of piperidine rings is 1. The first-order valence-corrected chi connectivity index (χ1v) is 5.76. The highest BCUT2D eigenvalue weighted by atomic mass is 16.2. The number of nitrogens with zero attached hydrogens (tertiary/aromatic N) is 1. The lowest BCUT2D eigenvalue weighted by molar-refractivity contribution is -0.136. The standard InChI is InChI=1S/C11H20N2O/c1-8(12)10-4-2-3-7-13(10)11(14)9-5-6-9/h8-10H,2-7,12H2,1H3. The molecule has 2 rings (SSSR count). The van der Waals surface area contributed by atoms with E-state index in [0.29, 0.717) is 17.9 Å². The highest BCUT2D eigenvalue weighted by Crippen LogP contribution is 2.33. The van der Waals surface area contributed by atoms with E-state index in [1.54, 1.807) is 0 Å². The summed E-state index contributed by atoms with van der Waals surface area (Å²) in [5.74, 6) is 0.710. The van der Waals surface area contributed by atoms with Crippen LogP contribution in [0.5, 0.6) is 0 Å². The molecule has 2 fully saturated rings. The number of rotatable bonds is 2. The second-order valence-corrected chi connectivity index (χ2v) is 4.73. The Bertz CT molecular complexity index is 223. The van der Waals surface area contributed by atoms with Gasteiger partial charge in [-0.2, -0.15) is 0 Å². The lowest BCUT2D eigenvalue weighted by atomic mass is 9.96. The molecule has 2 aliphatic rings. The smallest absolute Gasteiger partial charge is 0.225 e. The predicted molar refractivity (Wildman–Crippen MR) is 55.7 cm³/mol. The number of nitrogens with two attached hydrogens (primary N) is 1. The van der Waals surface area contributed by atoms with Crippen LogP contribution < -0.4 is 5.73 Å². The van der Waals surface area contributed by atoms with Gasteiger partial charge in [-0.1, -0.05) is 0 Å². The number of carbonyl (C=O) groups is 1. The molecule has 3 nitrogen and oxygen atoms in total. The van der Waals surface area contributed by atoms with Crippen molar-refractivity contribution in [2.45, 2.75) is 51.1 Å². The molecular formula is C11H20N2O. The summed E-state index contributed by atoms with van der Waals surface area (Å²) < 4.78 is 0. The Morgan fingerprint density at radius 3 is 2.64 bits per heavy atom. The maximum atomic E-state index is 11.9. The Morgan fingerprint density at radius 1 is 1.36 bits per heavy atom. The van der Waals surface area contributed by atoms with E-state index in [1.807, 2.05) is 11.8 Å². The highest BCUT2D eigenvalue weighted by Gasteiger charge is 2.37. The van der Waals surface area contributed by atoms with Crippen molar-refractivity contribution < 1.29 is 4.79 Å². The van der Waals surface area contributed by atoms with Crippen molar-refractivity contribution >= 4 is 5.91 Å². The molecule has 0 aromatic rings. The summed E-state index contributed by atoms with van der Waals surface area (Å²) in [5.41, 5.74) is 5.92. The van der Waals surface area contributed by atoms with Gasteiger partial charge in [0, 0.05) is 24.5 Å². The zero-order chi connectivity index (χ0) is 10.1. The van der Waals surface area contributed by atoms with Gasteiger partial charge in [0.25, 0.3) is 0 Å². The van der Waals surface area contributed by atoms with Crippen molar-refractivity contribution in [1.82, 2.24) is 4.90 Å². The van der Waals surface area contributed by atoms with Crippen LogP contribution in [0.15, 0.2) is 0 Å². The molecule has 0 bridgehead atoms. The van der Waals surface area contributed by atoms with Gasteiger partial charge in [-0.15, -0.1) is 0 Å². The molecule has 0 radical (unpaired) electrons. The summed E-state index contributed by atoms with van der Waals surface area (Å²) in [7, 11) is 0. The van der Waals surface area contributed by atoms with Gasteiger partial charge < -0.3 is 10.6 Å². The molecule has 0 spiro atoms. The largest absolute Gasteiger partial charge is 0.338 e. The van der Waals surface area contributed by atoms with Crippen molar-refractivity contribution in [3.05, 3.63) is 0 Å². The summed E-state index contributed by atoms with van der Waals surface area (Å²) in [6, 6.07) is 0.426. The summed E-state index contributed by atoms with van der Waals surface area (Å²) in [4.78, 5) is 14.0. The van der Waals surface area contributed by atoms with Crippen LogP contribution in [0, 0.1) is 5.92 Å². The first-order chi connectivity index (χ1) is 6.70. The van der Waals surface area contributed by atoms with Crippen LogP contribution in [0.25, 0.3) is 0 Å². The van der Waals surface area contributed by atoms with E-state index in [4.69, 9.17) is 5.73 Å². The fourth-order valence-corrected chi connectivity index (χ4v) is 2.34. The molecule has 1 saturated carbocycles. The van der Waals surface area contributed by atoms with Gasteiger partial charge >= 0.3 is 0 Å². The second kappa shape index (κ2) is 3.89. The minimum absolute atomic E-state index is 0.123. The monoisotopic (exact) mass is 196 g/mol. The molecule has 0 aromatic heterocycles. The van der Waals surface area contributed by atoms with Gasteiger partial charge in [0.15, 0.2) is 0 Å². The molecule has 2 unspecified atom stereocenters. The van der Waals surface area contributed by atoms with Crippen molar-refractivity contribution in [2.75, 3.05) is 6.54 Å². The number of hydrogen-bond acceptors (Lipinski definition) is 2. The molecule has 1 heterocycles. The van der Waals surface area contributed by atoms with Gasteiger partial charge in [-0.25, -0.2) is 0 Å². The third kappa shape index (κ3) is 1.92. The molecule has 3 heteroatoms.